The molecule has 8 heteroatoms. The van der Waals surface area contributed by atoms with Gasteiger partial charge in [0.05, 0.1) is 6.26 Å². The summed E-state index contributed by atoms with van der Waals surface area (Å²) in [7, 11) is 0. The summed E-state index contributed by atoms with van der Waals surface area (Å²) in [6.07, 6.45) is 6.72. The van der Waals surface area contributed by atoms with Crippen LogP contribution in [0, 0.1) is 6.92 Å². The maximum atomic E-state index is 12.8. The Balaban J connectivity index is 1.42. The fraction of sp³-hybridized carbons (Fsp3) is 0.273. The predicted octanol–water partition coefficient (Wildman–Crippen LogP) is 3.03. The lowest BCUT2D eigenvalue weighted by molar-refractivity contribution is 0.0931. The maximum absolute atomic E-state index is 12.8. The number of anilines is 2. The number of amides is 2. The Morgan fingerprint density at radius 3 is 2.73 bits per heavy atom. The van der Waals surface area contributed by atoms with E-state index in [-0.39, 0.29) is 23.6 Å². The predicted molar refractivity (Wildman–Crippen MR) is 113 cm³/mol. The van der Waals surface area contributed by atoms with Crippen LogP contribution in [0.4, 0.5) is 11.6 Å². The number of benzene rings is 1. The second-order valence-electron chi connectivity index (χ2n) is 7.27. The van der Waals surface area contributed by atoms with Crippen molar-refractivity contribution >= 4 is 23.5 Å². The topological polar surface area (TPSA) is 100 Å². The number of piperidine rings is 1. The third-order valence-corrected chi connectivity index (χ3v) is 5.08. The smallest absolute Gasteiger partial charge is 0.291 e. The van der Waals surface area contributed by atoms with Gasteiger partial charge in [0.2, 0.25) is 5.95 Å². The van der Waals surface area contributed by atoms with Crippen molar-refractivity contribution in [3.63, 3.8) is 0 Å². The van der Waals surface area contributed by atoms with Gasteiger partial charge in [-0.1, -0.05) is 6.07 Å². The standard InChI is InChI=1S/C22H23N5O3/c1-15-7-8-16(13-18(15)26-21(29)19-6-3-12-30-19)20(28)25-17-5-2-11-27(14-17)22-23-9-4-10-24-22/h3-4,6-10,12-13,17H,2,5,11,14H2,1H3,(H,25,28)(H,26,29). The van der Waals surface area contributed by atoms with Gasteiger partial charge in [-0.2, -0.15) is 0 Å². The van der Waals surface area contributed by atoms with Crippen molar-refractivity contribution in [2.45, 2.75) is 25.8 Å². The summed E-state index contributed by atoms with van der Waals surface area (Å²) < 4.78 is 5.13. The number of carbonyl (C=O) groups is 2. The molecular formula is C22H23N5O3. The van der Waals surface area contributed by atoms with Crippen LogP contribution in [0.1, 0.15) is 39.3 Å². The lowest BCUT2D eigenvalue weighted by Gasteiger charge is -2.33. The first-order chi connectivity index (χ1) is 14.6. The minimum absolute atomic E-state index is 0.00230. The normalized spacial score (nSPS) is 16.2. The van der Waals surface area contributed by atoms with Crippen LogP contribution in [0.15, 0.2) is 59.5 Å². The van der Waals surface area contributed by atoms with Crippen LogP contribution < -0.4 is 15.5 Å². The molecule has 4 rings (SSSR count). The Hall–Kier alpha value is -3.68. The van der Waals surface area contributed by atoms with E-state index in [1.54, 1.807) is 42.7 Å². The van der Waals surface area contributed by atoms with Crippen molar-refractivity contribution in [3.05, 3.63) is 71.9 Å². The summed E-state index contributed by atoms with van der Waals surface area (Å²) in [6.45, 7) is 3.39. The highest BCUT2D eigenvalue weighted by Gasteiger charge is 2.23. The molecule has 2 N–H and O–H groups in total. The number of nitrogens with one attached hydrogen (secondary N) is 2. The van der Waals surface area contributed by atoms with E-state index < -0.39 is 0 Å². The van der Waals surface area contributed by atoms with Gasteiger partial charge in [-0.05, 0) is 55.7 Å². The van der Waals surface area contributed by atoms with Crippen LogP contribution in [0.2, 0.25) is 0 Å². The fourth-order valence-electron chi connectivity index (χ4n) is 3.49. The number of hydrogen-bond acceptors (Lipinski definition) is 6. The highest BCUT2D eigenvalue weighted by atomic mass is 16.3. The molecular weight excluding hydrogens is 382 g/mol. The average molecular weight is 405 g/mol. The molecule has 154 valence electrons. The van der Waals surface area contributed by atoms with E-state index in [1.165, 1.54) is 6.26 Å². The molecule has 1 unspecified atom stereocenters. The first-order valence-corrected chi connectivity index (χ1v) is 9.88. The second kappa shape index (κ2) is 8.77. The number of rotatable bonds is 5. The van der Waals surface area contributed by atoms with E-state index in [9.17, 15) is 9.59 Å². The molecule has 30 heavy (non-hydrogen) atoms. The molecule has 1 fully saturated rings. The number of carbonyl (C=O) groups excluding carboxylic acids is 2. The molecule has 1 aromatic carbocycles. The van der Waals surface area contributed by atoms with Gasteiger partial charge in [0.1, 0.15) is 0 Å². The summed E-state index contributed by atoms with van der Waals surface area (Å²) in [5.41, 5.74) is 1.92. The van der Waals surface area contributed by atoms with Crippen molar-refractivity contribution in [1.82, 2.24) is 15.3 Å². The molecule has 0 spiro atoms. The number of furan rings is 1. The average Bonchev–Trinajstić information content (AvgIpc) is 3.31. The quantitative estimate of drug-likeness (QED) is 0.677. The van der Waals surface area contributed by atoms with Gasteiger partial charge in [-0.3, -0.25) is 9.59 Å². The molecule has 1 aliphatic heterocycles. The fourth-order valence-corrected chi connectivity index (χ4v) is 3.49. The molecule has 1 saturated heterocycles. The summed E-state index contributed by atoms with van der Waals surface area (Å²) >= 11 is 0. The van der Waals surface area contributed by atoms with Crippen LogP contribution in [-0.4, -0.2) is 40.9 Å². The number of nitrogens with zero attached hydrogens (tertiary/aromatic N) is 3. The van der Waals surface area contributed by atoms with Gasteiger partial charge >= 0.3 is 0 Å². The molecule has 2 amide bonds. The summed E-state index contributed by atoms with van der Waals surface area (Å²) in [4.78, 5) is 35.8. The zero-order valence-corrected chi connectivity index (χ0v) is 16.7. The van der Waals surface area contributed by atoms with Gasteiger partial charge in [0, 0.05) is 42.8 Å². The van der Waals surface area contributed by atoms with Crippen LogP contribution in [0.5, 0.6) is 0 Å². The molecule has 1 aliphatic rings. The Kier molecular flexibility index (Phi) is 5.74. The molecule has 8 nitrogen and oxygen atoms in total. The van der Waals surface area contributed by atoms with Crippen molar-refractivity contribution in [1.29, 1.82) is 0 Å². The van der Waals surface area contributed by atoms with Gasteiger partial charge in [-0.25, -0.2) is 9.97 Å². The van der Waals surface area contributed by atoms with Gasteiger partial charge in [0.25, 0.3) is 11.8 Å². The van der Waals surface area contributed by atoms with Crippen LogP contribution in [0.3, 0.4) is 0 Å². The SMILES string of the molecule is Cc1ccc(C(=O)NC2CCCN(c3ncccn3)C2)cc1NC(=O)c1ccco1. The lowest BCUT2D eigenvalue weighted by atomic mass is 10.0. The number of hydrogen-bond donors (Lipinski definition) is 2. The first kappa shape index (κ1) is 19.6. The van der Waals surface area contributed by atoms with Crippen molar-refractivity contribution in [2.24, 2.45) is 0 Å². The van der Waals surface area contributed by atoms with Gasteiger partial charge < -0.3 is 20.0 Å². The summed E-state index contributed by atoms with van der Waals surface area (Å²) in [6, 6.07) is 10.3. The van der Waals surface area contributed by atoms with Crippen LogP contribution >= 0.6 is 0 Å². The largest absolute Gasteiger partial charge is 0.459 e. The third kappa shape index (κ3) is 4.48. The van der Waals surface area contributed by atoms with E-state index in [0.717, 1.165) is 24.9 Å². The second-order valence-corrected chi connectivity index (χ2v) is 7.27. The van der Waals surface area contributed by atoms with E-state index in [1.807, 2.05) is 13.0 Å². The zero-order chi connectivity index (χ0) is 20.9. The van der Waals surface area contributed by atoms with Crippen molar-refractivity contribution in [3.8, 4) is 0 Å². The van der Waals surface area contributed by atoms with E-state index in [0.29, 0.717) is 23.7 Å². The molecule has 1 atom stereocenters. The minimum atomic E-state index is -0.355. The van der Waals surface area contributed by atoms with Gasteiger partial charge in [0.15, 0.2) is 5.76 Å². The first-order valence-electron chi connectivity index (χ1n) is 9.88. The van der Waals surface area contributed by atoms with Crippen LogP contribution in [0.25, 0.3) is 0 Å². The summed E-state index contributed by atoms with van der Waals surface area (Å²) in [5.74, 6) is 0.361. The Morgan fingerprint density at radius 2 is 1.97 bits per heavy atom. The molecule has 0 radical (unpaired) electrons. The zero-order valence-electron chi connectivity index (χ0n) is 16.7. The summed E-state index contributed by atoms with van der Waals surface area (Å²) in [5, 5.41) is 5.90. The van der Waals surface area contributed by atoms with Crippen LogP contribution in [-0.2, 0) is 0 Å². The Bertz CT molecular complexity index is 1020. The maximum Gasteiger partial charge on any atom is 0.291 e. The monoisotopic (exact) mass is 405 g/mol. The lowest BCUT2D eigenvalue weighted by Crippen LogP contribution is -2.48. The molecule has 0 bridgehead atoms. The van der Waals surface area contributed by atoms with E-state index in [2.05, 4.69) is 25.5 Å². The molecule has 3 aromatic rings. The van der Waals surface area contributed by atoms with Crippen molar-refractivity contribution in [2.75, 3.05) is 23.3 Å². The molecule has 0 aliphatic carbocycles. The minimum Gasteiger partial charge on any atom is -0.459 e. The van der Waals surface area contributed by atoms with Gasteiger partial charge in [-0.15, -0.1) is 0 Å². The Labute approximate surface area is 174 Å². The Morgan fingerprint density at radius 1 is 1.13 bits per heavy atom. The number of aromatic nitrogens is 2. The van der Waals surface area contributed by atoms with E-state index in [4.69, 9.17) is 4.42 Å². The van der Waals surface area contributed by atoms with E-state index >= 15 is 0 Å². The highest BCUT2D eigenvalue weighted by molar-refractivity contribution is 6.04. The molecule has 0 saturated carbocycles. The third-order valence-electron chi connectivity index (χ3n) is 5.08. The van der Waals surface area contributed by atoms with Crippen molar-refractivity contribution < 1.29 is 14.0 Å². The molecule has 3 heterocycles. The number of aryl methyl sites for hydroxylation is 1. The molecule has 2 aromatic heterocycles. The highest BCUT2D eigenvalue weighted by Crippen LogP contribution is 2.20.